The van der Waals surface area contributed by atoms with Gasteiger partial charge in [-0.2, -0.15) is 0 Å². The molecule has 1 aliphatic heterocycles. The van der Waals surface area contributed by atoms with Crippen LogP contribution in [-0.2, 0) is 16.0 Å². The van der Waals surface area contributed by atoms with Crippen LogP contribution in [0.15, 0.2) is 29.3 Å². The fourth-order valence-corrected chi connectivity index (χ4v) is 3.27. The van der Waals surface area contributed by atoms with Gasteiger partial charge in [0.1, 0.15) is 5.82 Å². The first-order chi connectivity index (χ1) is 13.5. The Morgan fingerprint density at radius 1 is 1.11 bits per heavy atom. The third kappa shape index (κ3) is 7.17. The summed E-state index contributed by atoms with van der Waals surface area (Å²) in [6, 6.07) is 5.93. The van der Waals surface area contributed by atoms with Crippen molar-refractivity contribution in [2.24, 2.45) is 10.9 Å². The molecule has 0 radical (unpaired) electrons. The fourth-order valence-electron chi connectivity index (χ4n) is 3.27. The second-order valence-electron chi connectivity index (χ2n) is 6.93. The normalized spacial score (nSPS) is 15.2. The van der Waals surface area contributed by atoms with E-state index in [2.05, 4.69) is 25.8 Å². The smallest absolute Gasteiger partial charge is 0.224 e. The molecule has 0 aliphatic carbocycles. The minimum absolute atomic E-state index is 0.0948. The fraction of sp³-hybridized carbons (Fsp3) is 0.550. The number of guanidine groups is 1. The van der Waals surface area contributed by atoms with Crippen molar-refractivity contribution >= 4 is 17.8 Å². The molecule has 1 aromatic rings. The van der Waals surface area contributed by atoms with Crippen LogP contribution in [0, 0.1) is 11.7 Å². The summed E-state index contributed by atoms with van der Waals surface area (Å²) < 4.78 is 12.9. The van der Waals surface area contributed by atoms with E-state index < -0.39 is 0 Å². The molecule has 1 aromatic carbocycles. The van der Waals surface area contributed by atoms with Crippen LogP contribution in [0.4, 0.5) is 4.39 Å². The number of nitrogens with one attached hydrogen (secondary N) is 3. The first kappa shape index (κ1) is 21.7. The van der Waals surface area contributed by atoms with Gasteiger partial charge in [0.2, 0.25) is 11.8 Å². The van der Waals surface area contributed by atoms with Gasteiger partial charge in [0.05, 0.1) is 6.42 Å². The molecule has 0 spiro atoms. The van der Waals surface area contributed by atoms with Gasteiger partial charge in [0, 0.05) is 46.7 Å². The highest BCUT2D eigenvalue weighted by molar-refractivity contribution is 5.80. The number of hydrogen-bond acceptors (Lipinski definition) is 3. The summed E-state index contributed by atoms with van der Waals surface area (Å²) in [6.07, 6.45) is 2.73. The van der Waals surface area contributed by atoms with Gasteiger partial charge < -0.3 is 20.9 Å². The topological polar surface area (TPSA) is 85.8 Å². The number of likely N-dealkylation sites (tertiary alicyclic amines) is 1. The summed E-state index contributed by atoms with van der Waals surface area (Å²) in [5, 5.41) is 8.79. The van der Waals surface area contributed by atoms with E-state index in [0.29, 0.717) is 25.4 Å². The predicted molar refractivity (Wildman–Crippen MR) is 107 cm³/mol. The van der Waals surface area contributed by atoms with Crippen LogP contribution in [0.25, 0.3) is 0 Å². The van der Waals surface area contributed by atoms with Crippen molar-refractivity contribution in [3.8, 4) is 0 Å². The third-order valence-corrected chi connectivity index (χ3v) is 4.89. The molecule has 0 unspecified atom stereocenters. The maximum absolute atomic E-state index is 12.9. The molecule has 1 aliphatic rings. The van der Waals surface area contributed by atoms with Gasteiger partial charge in [-0.3, -0.25) is 14.6 Å². The highest BCUT2D eigenvalue weighted by Gasteiger charge is 2.22. The number of carbonyl (C=O) groups excluding carboxylic acids is 2. The maximum Gasteiger partial charge on any atom is 0.224 e. The Hall–Kier alpha value is -2.64. The first-order valence-electron chi connectivity index (χ1n) is 9.69. The molecule has 28 heavy (non-hydrogen) atoms. The van der Waals surface area contributed by atoms with Crippen LogP contribution in [0.3, 0.4) is 0 Å². The van der Waals surface area contributed by atoms with Crippen molar-refractivity contribution in [1.82, 2.24) is 20.9 Å². The van der Waals surface area contributed by atoms with Crippen molar-refractivity contribution < 1.29 is 14.0 Å². The van der Waals surface area contributed by atoms with Crippen LogP contribution in [0.2, 0.25) is 0 Å². The zero-order valence-corrected chi connectivity index (χ0v) is 16.6. The van der Waals surface area contributed by atoms with E-state index in [1.165, 1.54) is 12.1 Å². The van der Waals surface area contributed by atoms with Crippen LogP contribution in [0.5, 0.6) is 0 Å². The highest BCUT2D eigenvalue weighted by atomic mass is 19.1. The molecule has 2 rings (SSSR count). The van der Waals surface area contributed by atoms with Crippen LogP contribution < -0.4 is 16.0 Å². The monoisotopic (exact) mass is 391 g/mol. The van der Waals surface area contributed by atoms with Gasteiger partial charge in [-0.25, -0.2) is 4.39 Å². The van der Waals surface area contributed by atoms with E-state index in [4.69, 9.17) is 0 Å². The number of amides is 2. The predicted octanol–water partition coefficient (Wildman–Crippen LogP) is 0.908. The van der Waals surface area contributed by atoms with E-state index in [1.54, 1.807) is 26.2 Å². The number of rotatable bonds is 7. The molecule has 154 valence electrons. The summed E-state index contributed by atoms with van der Waals surface area (Å²) in [5.41, 5.74) is 0.780. The van der Waals surface area contributed by atoms with Crippen molar-refractivity contribution in [3.63, 3.8) is 0 Å². The van der Waals surface area contributed by atoms with Gasteiger partial charge in [0.25, 0.3) is 0 Å². The minimum atomic E-state index is -0.308. The van der Waals surface area contributed by atoms with E-state index >= 15 is 0 Å². The summed E-state index contributed by atoms with van der Waals surface area (Å²) in [6.45, 7) is 2.77. The Morgan fingerprint density at radius 3 is 2.36 bits per heavy atom. The van der Waals surface area contributed by atoms with Gasteiger partial charge >= 0.3 is 0 Å². The van der Waals surface area contributed by atoms with E-state index in [-0.39, 0.29) is 24.1 Å². The number of benzene rings is 1. The number of carbonyl (C=O) groups is 2. The van der Waals surface area contributed by atoms with Gasteiger partial charge in [-0.05, 0) is 36.5 Å². The lowest BCUT2D eigenvalue weighted by Gasteiger charge is -2.34. The Balaban J connectivity index is 1.65. The van der Waals surface area contributed by atoms with Crippen molar-refractivity contribution in [2.45, 2.75) is 25.7 Å². The second-order valence-corrected chi connectivity index (χ2v) is 6.93. The Morgan fingerprint density at radius 2 is 1.75 bits per heavy atom. The zero-order chi connectivity index (χ0) is 20.4. The molecule has 2 amide bonds. The zero-order valence-electron chi connectivity index (χ0n) is 16.6. The minimum Gasteiger partial charge on any atom is -0.359 e. The molecule has 7 nitrogen and oxygen atoms in total. The van der Waals surface area contributed by atoms with Gasteiger partial charge in [-0.1, -0.05) is 12.1 Å². The average molecular weight is 391 g/mol. The highest BCUT2D eigenvalue weighted by Crippen LogP contribution is 2.20. The lowest BCUT2D eigenvalue weighted by atomic mass is 9.93. The van der Waals surface area contributed by atoms with E-state index in [9.17, 15) is 14.0 Å². The largest absolute Gasteiger partial charge is 0.359 e. The molecular weight excluding hydrogens is 361 g/mol. The van der Waals surface area contributed by atoms with E-state index in [0.717, 1.165) is 37.5 Å². The Bertz CT molecular complexity index is 670. The molecule has 0 aromatic heterocycles. The third-order valence-electron chi connectivity index (χ3n) is 4.89. The quantitative estimate of drug-likeness (QED) is 0.366. The van der Waals surface area contributed by atoms with Crippen molar-refractivity contribution in [1.29, 1.82) is 0 Å². The molecule has 0 saturated carbocycles. The van der Waals surface area contributed by atoms with Gasteiger partial charge in [0.15, 0.2) is 5.96 Å². The summed E-state index contributed by atoms with van der Waals surface area (Å²) in [7, 11) is 3.41. The molecule has 0 bridgehead atoms. The molecule has 8 heteroatoms. The summed E-state index contributed by atoms with van der Waals surface area (Å²) in [4.78, 5) is 29.9. The maximum atomic E-state index is 12.9. The molecule has 1 heterocycles. The Labute approximate surface area is 165 Å². The standard InChI is InChI=1S/C20H30FN5O2/c1-22-18(27)13-16-7-11-26(12-8-16)20(23-2)25-10-9-24-19(28)14-15-3-5-17(21)6-4-15/h3-6,16H,7-14H2,1-2H3,(H,22,27)(H,23,25)(H,24,28). The van der Waals surface area contributed by atoms with Crippen molar-refractivity contribution in [3.05, 3.63) is 35.6 Å². The SMILES string of the molecule is CN=C(NCCNC(=O)Cc1ccc(F)cc1)N1CCC(CC(=O)NC)CC1. The van der Waals surface area contributed by atoms with Crippen molar-refractivity contribution in [2.75, 3.05) is 40.3 Å². The lowest BCUT2D eigenvalue weighted by Crippen LogP contribution is -2.47. The molecule has 3 N–H and O–H groups in total. The average Bonchev–Trinajstić information content (AvgIpc) is 2.70. The number of nitrogens with zero attached hydrogens (tertiary/aromatic N) is 2. The lowest BCUT2D eigenvalue weighted by molar-refractivity contribution is -0.122. The number of hydrogen-bond donors (Lipinski definition) is 3. The second kappa shape index (κ2) is 11.3. The van der Waals surface area contributed by atoms with Crippen LogP contribution in [0.1, 0.15) is 24.8 Å². The number of piperidine rings is 1. The Kier molecular flexibility index (Phi) is 8.71. The first-order valence-corrected chi connectivity index (χ1v) is 9.69. The summed E-state index contributed by atoms with van der Waals surface area (Å²) in [5.74, 6) is 0.916. The molecule has 1 fully saturated rings. The number of halogens is 1. The molecule has 1 saturated heterocycles. The molecular formula is C20H30FN5O2. The van der Waals surface area contributed by atoms with E-state index in [1.807, 2.05) is 0 Å². The van der Waals surface area contributed by atoms with Crippen LogP contribution in [-0.4, -0.2) is 62.9 Å². The van der Waals surface area contributed by atoms with Gasteiger partial charge in [-0.15, -0.1) is 0 Å². The van der Waals surface area contributed by atoms with Crippen LogP contribution >= 0.6 is 0 Å². The number of aliphatic imine (C=N–C) groups is 1. The molecule has 0 atom stereocenters. The summed E-state index contributed by atoms with van der Waals surface area (Å²) >= 11 is 0.